The molecule has 2 atom stereocenters. The Morgan fingerprint density at radius 1 is 0.950 bits per heavy atom. The first-order valence-electron chi connectivity index (χ1n) is 12.6. The Bertz CT molecular complexity index is 1620. The van der Waals surface area contributed by atoms with Crippen molar-refractivity contribution in [2.24, 2.45) is 5.92 Å². The number of hydrogen-bond acceptors (Lipinski definition) is 5. The molecule has 0 radical (unpaired) electrons. The fourth-order valence-electron chi connectivity index (χ4n) is 4.32. The zero-order valence-corrected chi connectivity index (χ0v) is 21.8. The minimum atomic E-state index is -1.20. The van der Waals surface area contributed by atoms with Crippen LogP contribution in [0.4, 0.5) is 4.39 Å². The number of benzene rings is 3. The van der Waals surface area contributed by atoms with Crippen LogP contribution in [0.5, 0.6) is 5.75 Å². The molecule has 40 heavy (non-hydrogen) atoms. The van der Waals surface area contributed by atoms with Crippen molar-refractivity contribution in [3.05, 3.63) is 100.0 Å². The lowest BCUT2D eigenvalue weighted by molar-refractivity contribution is -0.142. The standard InChI is InChI=1S/C30H28FN3O6/c1-16(2)24(29(38)33-23(30(39)40)14-17-6-4-3-5-7-17)34-28(37)19-10-13-21-22(15-19)32-25(27(36)26(21)35)18-8-11-20(31)12-9-18/h3-13,15-16,23-24,36H,14H2,1-2H3,(H,32,35)(H,33,38)(H,34,37)(H,39,40). The number of carboxylic acid groups (broad SMARTS) is 1. The average molecular weight is 546 g/mol. The van der Waals surface area contributed by atoms with Gasteiger partial charge >= 0.3 is 5.97 Å². The van der Waals surface area contributed by atoms with Crippen LogP contribution >= 0.6 is 0 Å². The van der Waals surface area contributed by atoms with E-state index in [2.05, 4.69) is 15.6 Å². The van der Waals surface area contributed by atoms with Gasteiger partial charge in [0.1, 0.15) is 17.9 Å². The van der Waals surface area contributed by atoms with E-state index in [0.29, 0.717) is 5.56 Å². The zero-order valence-electron chi connectivity index (χ0n) is 21.8. The van der Waals surface area contributed by atoms with E-state index in [1.165, 1.54) is 42.5 Å². The minimum absolute atomic E-state index is 0.0626. The molecular weight excluding hydrogens is 517 g/mol. The summed E-state index contributed by atoms with van der Waals surface area (Å²) in [6.45, 7) is 3.43. The van der Waals surface area contributed by atoms with Crippen LogP contribution in [-0.4, -0.2) is 45.1 Å². The van der Waals surface area contributed by atoms with Gasteiger partial charge < -0.3 is 25.8 Å². The lowest BCUT2D eigenvalue weighted by Gasteiger charge is -2.24. The number of fused-ring (bicyclic) bond motifs is 1. The average Bonchev–Trinajstić information content (AvgIpc) is 2.93. The number of nitrogens with one attached hydrogen (secondary N) is 3. The number of aromatic amines is 1. The Hall–Kier alpha value is -4.99. The Morgan fingerprint density at radius 2 is 1.62 bits per heavy atom. The summed E-state index contributed by atoms with van der Waals surface area (Å²) in [6, 6.07) is 16.0. The maximum atomic E-state index is 13.4. The molecule has 4 rings (SSSR count). The van der Waals surface area contributed by atoms with Crippen molar-refractivity contribution in [1.29, 1.82) is 0 Å². The predicted molar refractivity (Wildman–Crippen MR) is 147 cm³/mol. The third-order valence-electron chi connectivity index (χ3n) is 6.50. The first-order valence-corrected chi connectivity index (χ1v) is 12.6. The normalized spacial score (nSPS) is 12.6. The predicted octanol–water partition coefficient (Wildman–Crippen LogP) is 3.61. The molecule has 10 heteroatoms. The monoisotopic (exact) mass is 545 g/mol. The Balaban J connectivity index is 1.57. The number of carboxylic acids is 1. The minimum Gasteiger partial charge on any atom is -0.503 e. The Morgan fingerprint density at radius 3 is 2.25 bits per heavy atom. The molecule has 5 N–H and O–H groups in total. The molecular formula is C30H28FN3O6. The van der Waals surface area contributed by atoms with Crippen molar-refractivity contribution >= 4 is 28.7 Å². The van der Waals surface area contributed by atoms with Crippen molar-refractivity contribution < 1.29 is 29.0 Å². The van der Waals surface area contributed by atoms with E-state index in [4.69, 9.17) is 0 Å². The van der Waals surface area contributed by atoms with Crippen LogP contribution in [0, 0.1) is 11.7 Å². The van der Waals surface area contributed by atoms with E-state index in [9.17, 15) is 33.8 Å². The van der Waals surface area contributed by atoms with Crippen LogP contribution in [0.2, 0.25) is 0 Å². The van der Waals surface area contributed by atoms with Crippen LogP contribution in [0.25, 0.3) is 22.2 Å². The van der Waals surface area contributed by atoms with Gasteiger partial charge in [0.2, 0.25) is 11.3 Å². The molecule has 2 amide bonds. The molecule has 0 bridgehead atoms. The number of H-pyrrole nitrogens is 1. The number of aromatic hydroxyl groups is 1. The molecule has 0 spiro atoms. The summed E-state index contributed by atoms with van der Waals surface area (Å²) in [4.78, 5) is 53.8. The van der Waals surface area contributed by atoms with E-state index in [1.54, 1.807) is 44.2 Å². The summed E-state index contributed by atoms with van der Waals surface area (Å²) in [6.07, 6.45) is 0.0714. The molecule has 9 nitrogen and oxygen atoms in total. The molecule has 0 aliphatic carbocycles. The molecule has 1 heterocycles. The van der Waals surface area contributed by atoms with Gasteiger partial charge in [-0.2, -0.15) is 0 Å². The molecule has 206 valence electrons. The van der Waals surface area contributed by atoms with Crippen LogP contribution in [-0.2, 0) is 16.0 Å². The van der Waals surface area contributed by atoms with Gasteiger partial charge in [-0.25, -0.2) is 9.18 Å². The van der Waals surface area contributed by atoms with E-state index in [1.807, 2.05) is 0 Å². The van der Waals surface area contributed by atoms with Crippen LogP contribution in [0.3, 0.4) is 0 Å². The van der Waals surface area contributed by atoms with Gasteiger partial charge in [0, 0.05) is 22.9 Å². The van der Waals surface area contributed by atoms with Crippen molar-refractivity contribution in [3.63, 3.8) is 0 Å². The molecule has 0 aliphatic rings. The van der Waals surface area contributed by atoms with E-state index in [-0.39, 0.29) is 34.5 Å². The third kappa shape index (κ3) is 6.17. The highest BCUT2D eigenvalue weighted by atomic mass is 19.1. The lowest BCUT2D eigenvalue weighted by atomic mass is 10.0. The molecule has 3 aromatic carbocycles. The van der Waals surface area contributed by atoms with Gasteiger partial charge in [-0.3, -0.25) is 14.4 Å². The number of aromatic nitrogens is 1. The highest BCUT2D eigenvalue weighted by Crippen LogP contribution is 2.27. The summed E-state index contributed by atoms with van der Waals surface area (Å²) < 4.78 is 13.4. The van der Waals surface area contributed by atoms with Crippen molar-refractivity contribution in [3.8, 4) is 17.0 Å². The summed E-state index contributed by atoms with van der Waals surface area (Å²) in [5, 5.41) is 25.4. The van der Waals surface area contributed by atoms with Gasteiger partial charge in [0.25, 0.3) is 5.91 Å². The number of carbonyl (C=O) groups excluding carboxylic acids is 2. The molecule has 0 fully saturated rings. The van der Waals surface area contributed by atoms with Gasteiger partial charge in [-0.15, -0.1) is 0 Å². The summed E-state index contributed by atoms with van der Waals surface area (Å²) in [7, 11) is 0. The second-order valence-electron chi connectivity index (χ2n) is 9.73. The van der Waals surface area contributed by atoms with Gasteiger partial charge in [-0.05, 0) is 53.9 Å². The smallest absolute Gasteiger partial charge is 0.326 e. The largest absolute Gasteiger partial charge is 0.503 e. The SMILES string of the molecule is CC(C)C(NC(=O)c1ccc2c(=O)c(O)c(-c3ccc(F)cc3)[nH]c2c1)C(=O)NC(Cc1ccccc1)C(=O)O. The Kier molecular flexibility index (Phi) is 8.28. The third-order valence-corrected chi connectivity index (χ3v) is 6.50. The fraction of sp³-hybridized carbons (Fsp3) is 0.200. The maximum Gasteiger partial charge on any atom is 0.326 e. The zero-order chi connectivity index (χ0) is 29.0. The van der Waals surface area contributed by atoms with Crippen LogP contribution in [0.15, 0.2) is 77.6 Å². The summed E-state index contributed by atoms with van der Waals surface area (Å²) in [5.74, 6) is -3.88. The molecule has 0 aliphatic heterocycles. The second kappa shape index (κ2) is 11.8. The molecule has 0 saturated heterocycles. The van der Waals surface area contributed by atoms with E-state index < -0.39 is 46.9 Å². The number of amides is 2. The van der Waals surface area contributed by atoms with Crippen molar-refractivity contribution in [2.75, 3.05) is 0 Å². The second-order valence-corrected chi connectivity index (χ2v) is 9.73. The topological polar surface area (TPSA) is 149 Å². The number of halogens is 1. The number of aliphatic carboxylic acids is 1. The number of hydrogen-bond donors (Lipinski definition) is 5. The lowest BCUT2D eigenvalue weighted by Crippen LogP contribution is -2.54. The number of pyridine rings is 1. The summed E-state index contributed by atoms with van der Waals surface area (Å²) in [5.41, 5.74) is 0.861. The number of rotatable bonds is 9. The van der Waals surface area contributed by atoms with Gasteiger partial charge in [0.05, 0.1) is 11.2 Å². The molecule has 2 unspecified atom stereocenters. The van der Waals surface area contributed by atoms with Crippen molar-refractivity contribution in [1.82, 2.24) is 15.6 Å². The fourth-order valence-corrected chi connectivity index (χ4v) is 4.32. The quantitative estimate of drug-likeness (QED) is 0.217. The van der Waals surface area contributed by atoms with Crippen LogP contribution < -0.4 is 16.1 Å². The van der Waals surface area contributed by atoms with Crippen molar-refractivity contribution in [2.45, 2.75) is 32.4 Å². The van der Waals surface area contributed by atoms with Gasteiger partial charge in [0.15, 0.2) is 5.75 Å². The molecule has 1 aromatic heterocycles. The highest BCUT2D eigenvalue weighted by molar-refractivity contribution is 6.01. The molecule has 4 aromatic rings. The molecule has 0 saturated carbocycles. The van der Waals surface area contributed by atoms with E-state index >= 15 is 0 Å². The first kappa shape index (κ1) is 28.0. The van der Waals surface area contributed by atoms with Gasteiger partial charge in [-0.1, -0.05) is 44.2 Å². The maximum absolute atomic E-state index is 13.4. The summed E-state index contributed by atoms with van der Waals surface area (Å²) >= 11 is 0. The first-order chi connectivity index (χ1) is 19.0. The van der Waals surface area contributed by atoms with Crippen LogP contribution in [0.1, 0.15) is 29.8 Å². The Labute approximate surface area is 228 Å². The number of carbonyl (C=O) groups is 3. The highest BCUT2D eigenvalue weighted by Gasteiger charge is 2.29. The van der Waals surface area contributed by atoms with E-state index in [0.717, 1.165) is 5.56 Å².